The molecule has 6 nitrogen and oxygen atoms in total. The predicted molar refractivity (Wildman–Crippen MR) is 182 cm³/mol. The monoisotopic (exact) mass is 613 g/mol. The first-order chi connectivity index (χ1) is 22.1. The van der Waals surface area contributed by atoms with Crippen molar-refractivity contribution in [3.8, 4) is 5.75 Å². The molecule has 1 aliphatic heterocycles. The molecule has 242 valence electrons. The van der Waals surface area contributed by atoms with Crippen molar-refractivity contribution in [2.24, 2.45) is 0 Å². The van der Waals surface area contributed by atoms with Crippen LogP contribution in [0.3, 0.4) is 0 Å². The number of aromatic nitrogens is 1. The number of carboxylic acids is 1. The van der Waals surface area contributed by atoms with Crippen molar-refractivity contribution >= 4 is 28.4 Å². The summed E-state index contributed by atoms with van der Waals surface area (Å²) in [4.78, 5) is 23.4. The van der Waals surface area contributed by atoms with E-state index in [-0.39, 0.29) is 5.97 Å². The molecule has 6 heteroatoms. The van der Waals surface area contributed by atoms with Crippen LogP contribution in [0.2, 0.25) is 0 Å². The molecule has 0 fully saturated rings. The quantitative estimate of drug-likeness (QED) is 0.0693. The summed E-state index contributed by atoms with van der Waals surface area (Å²) in [6.45, 7) is 3.36. The van der Waals surface area contributed by atoms with Crippen LogP contribution in [0, 0.1) is 0 Å². The van der Waals surface area contributed by atoms with E-state index in [9.17, 15) is 9.59 Å². The molecular formula is C39H51NO5. The van der Waals surface area contributed by atoms with Gasteiger partial charge in [-0.15, -0.1) is 0 Å². The van der Waals surface area contributed by atoms with Gasteiger partial charge in [0.1, 0.15) is 12.4 Å². The molecule has 0 radical (unpaired) electrons. The van der Waals surface area contributed by atoms with Gasteiger partial charge in [-0.05, 0) is 87.3 Å². The lowest BCUT2D eigenvalue weighted by molar-refractivity contribution is -0.139. The third-order valence-corrected chi connectivity index (χ3v) is 8.61. The molecule has 2 heterocycles. The molecule has 0 unspecified atom stereocenters. The molecule has 0 amide bonds. The molecule has 45 heavy (non-hydrogen) atoms. The van der Waals surface area contributed by atoms with Crippen LogP contribution in [0.15, 0.2) is 72.3 Å². The highest BCUT2D eigenvalue weighted by Gasteiger charge is 2.28. The average molecular weight is 614 g/mol. The first-order valence-electron chi connectivity index (χ1n) is 17.1. The topological polar surface area (TPSA) is 77.8 Å². The zero-order valence-corrected chi connectivity index (χ0v) is 27.1. The fraction of sp³-hybridized carbons (Fsp3) is 0.487. The van der Waals surface area contributed by atoms with Crippen molar-refractivity contribution < 1.29 is 24.2 Å². The maximum absolute atomic E-state index is 12.9. The lowest BCUT2D eigenvalue weighted by atomic mass is 9.99. The van der Waals surface area contributed by atoms with E-state index >= 15 is 0 Å². The fourth-order valence-electron chi connectivity index (χ4n) is 6.17. The van der Waals surface area contributed by atoms with Gasteiger partial charge in [-0.3, -0.25) is 4.79 Å². The number of carboxylic acid groups (broad SMARTS) is 1. The third kappa shape index (κ3) is 10.9. The standard InChI is InChI=1S/C39H51NO5/c1-2-44-39(43)35-29-40-36-26-25-33(45-30-31-21-17-16-18-22-31)27-32(36)28-37(40)34(35)23-19-14-12-10-8-6-4-3-5-7-9-11-13-15-20-24-38(41)42/h3,5,16-18,21-22,25-28H,2,4,6-15,19-20,23-24,29-30H2,1H3,(H,41,42)/b5-3-. The van der Waals surface area contributed by atoms with Gasteiger partial charge in [0.25, 0.3) is 0 Å². The van der Waals surface area contributed by atoms with Gasteiger partial charge in [-0.2, -0.15) is 0 Å². The van der Waals surface area contributed by atoms with Crippen LogP contribution >= 0.6 is 0 Å². The molecule has 1 N–H and O–H groups in total. The van der Waals surface area contributed by atoms with E-state index < -0.39 is 5.97 Å². The minimum atomic E-state index is -0.685. The Morgan fingerprint density at radius 3 is 2.18 bits per heavy atom. The van der Waals surface area contributed by atoms with Crippen molar-refractivity contribution in [2.75, 3.05) is 6.61 Å². The van der Waals surface area contributed by atoms with Gasteiger partial charge in [0.05, 0.1) is 18.7 Å². The second-order valence-corrected chi connectivity index (χ2v) is 12.1. The zero-order valence-electron chi connectivity index (χ0n) is 27.1. The van der Waals surface area contributed by atoms with E-state index in [0.29, 0.717) is 26.2 Å². The molecule has 3 aromatic rings. The number of allylic oxidation sites excluding steroid dienone is 3. The van der Waals surface area contributed by atoms with E-state index in [1.165, 1.54) is 44.9 Å². The van der Waals surface area contributed by atoms with Crippen LogP contribution in [0.4, 0.5) is 0 Å². The van der Waals surface area contributed by atoms with Crippen LogP contribution in [-0.2, 0) is 27.5 Å². The maximum Gasteiger partial charge on any atom is 0.336 e. The highest BCUT2D eigenvalue weighted by Crippen LogP contribution is 2.38. The Hall–Kier alpha value is -3.80. The van der Waals surface area contributed by atoms with Crippen LogP contribution in [0.25, 0.3) is 16.5 Å². The molecule has 1 aromatic heterocycles. The van der Waals surface area contributed by atoms with Crippen LogP contribution in [0.5, 0.6) is 5.75 Å². The third-order valence-electron chi connectivity index (χ3n) is 8.61. The van der Waals surface area contributed by atoms with Gasteiger partial charge in [-0.1, -0.05) is 87.4 Å². The minimum Gasteiger partial charge on any atom is -0.489 e. The number of esters is 1. The van der Waals surface area contributed by atoms with Crippen molar-refractivity contribution in [3.05, 3.63) is 83.6 Å². The van der Waals surface area contributed by atoms with Crippen LogP contribution in [0.1, 0.15) is 114 Å². The Morgan fingerprint density at radius 2 is 1.49 bits per heavy atom. The van der Waals surface area contributed by atoms with E-state index in [2.05, 4.69) is 47.1 Å². The van der Waals surface area contributed by atoms with Crippen molar-refractivity contribution in [3.63, 3.8) is 0 Å². The molecule has 0 bridgehead atoms. The SMILES string of the molecule is CCOC(=O)C1=C(CCCCCCCC/C=C\CCCCCCCC(=O)O)c2cc3cc(OCc4ccccc4)ccc3n2C1. The number of aliphatic carboxylic acids is 1. The summed E-state index contributed by atoms with van der Waals surface area (Å²) in [5.74, 6) is -0.0188. The first-order valence-corrected chi connectivity index (χ1v) is 17.1. The van der Waals surface area contributed by atoms with Crippen molar-refractivity contribution in [2.45, 2.75) is 116 Å². The first kappa shape index (κ1) is 34.1. The number of rotatable bonds is 22. The van der Waals surface area contributed by atoms with E-state index in [4.69, 9.17) is 14.6 Å². The summed E-state index contributed by atoms with van der Waals surface area (Å²) >= 11 is 0. The fourth-order valence-corrected chi connectivity index (χ4v) is 6.17. The number of fused-ring (bicyclic) bond motifs is 3. The average Bonchev–Trinajstić information content (AvgIpc) is 3.58. The summed E-state index contributed by atoms with van der Waals surface area (Å²) < 4.78 is 13.8. The molecule has 0 spiro atoms. The number of carbonyl (C=O) groups excluding carboxylic acids is 1. The Morgan fingerprint density at radius 1 is 0.822 bits per heavy atom. The Kier molecular flexibility index (Phi) is 14.3. The summed E-state index contributed by atoms with van der Waals surface area (Å²) in [7, 11) is 0. The summed E-state index contributed by atoms with van der Waals surface area (Å²) in [6.07, 6.45) is 20.7. The molecule has 0 atom stereocenters. The van der Waals surface area contributed by atoms with Gasteiger partial charge < -0.3 is 19.1 Å². The number of unbranched alkanes of at least 4 members (excludes halogenated alkanes) is 11. The number of hydrogen-bond donors (Lipinski definition) is 1. The predicted octanol–water partition coefficient (Wildman–Crippen LogP) is 10.0. The Bertz CT molecular complexity index is 1420. The van der Waals surface area contributed by atoms with Gasteiger partial charge in [0, 0.05) is 23.0 Å². The van der Waals surface area contributed by atoms with Crippen LogP contribution < -0.4 is 4.74 Å². The van der Waals surface area contributed by atoms with Gasteiger partial charge in [-0.25, -0.2) is 4.79 Å². The number of ether oxygens (including phenoxy) is 2. The molecule has 4 rings (SSSR count). The van der Waals surface area contributed by atoms with Crippen LogP contribution in [-0.4, -0.2) is 28.2 Å². The lowest BCUT2D eigenvalue weighted by Crippen LogP contribution is -2.10. The number of carbonyl (C=O) groups is 2. The summed E-state index contributed by atoms with van der Waals surface area (Å²) in [5, 5.41) is 9.81. The molecule has 0 saturated heterocycles. The smallest absolute Gasteiger partial charge is 0.336 e. The van der Waals surface area contributed by atoms with E-state index in [1.54, 1.807) is 0 Å². The molecule has 2 aromatic carbocycles. The number of benzene rings is 2. The Labute approximate surface area is 269 Å². The lowest BCUT2D eigenvalue weighted by Gasteiger charge is -2.08. The summed E-state index contributed by atoms with van der Waals surface area (Å²) in [5.41, 5.74) is 5.35. The zero-order chi connectivity index (χ0) is 31.7. The van der Waals surface area contributed by atoms with Gasteiger partial charge >= 0.3 is 11.9 Å². The molecule has 1 aliphatic rings. The second kappa shape index (κ2) is 18.9. The largest absolute Gasteiger partial charge is 0.489 e. The highest BCUT2D eigenvalue weighted by molar-refractivity contribution is 6.01. The normalized spacial score (nSPS) is 12.7. The number of nitrogens with zero attached hydrogens (tertiary/aromatic N) is 1. The van der Waals surface area contributed by atoms with E-state index in [0.717, 1.165) is 84.0 Å². The maximum atomic E-state index is 12.9. The van der Waals surface area contributed by atoms with Gasteiger partial charge in [0.15, 0.2) is 0 Å². The highest BCUT2D eigenvalue weighted by atomic mass is 16.5. The number of hydrogen-bond acceptors (Lipinski definition) is 4. The van der Waals surface area contributed by atoms with Gasteiger partial charge in [0.2, 0.25) is 0 Å². The van der Waals surface area contributed by atoms with E-state index in [1.807, 2.05) is 31.2 Å². The second-order valence-electron chi connectivity index (χ2n) is 12.1. The molecule has 0 saturated carbocycles. The molecule has 0 aliphatic carbocycles. The summed E-state index contributed by atoms with van der Waals surface area (Å²) in [6, 6.07) is 18.6. The minimum absolute atomic E-state index is 0.184. The Balaban J connectivity index is 1.17. The van der Waals surface area contributed by atoms with Crippen molar-refractivity contribution in [1.29, 1.82) is 0 Å². The molecular weight excluding hydrogens is 562 g/mol. The van der Waals surface area contributed by atoms with Crippen molar-refractivity contribution in [1.82, 2.24) is 4.57 Å².